The third kappa shape index (κ3) is 3.53. The number of hydrogen-bond acceptors (Lipinski definition) is 7. The summed E-state index contributed by atoms with van der Waals surface area (Å²) in [5, 5.41) is 8.12. The van der Waals surface area contributed by atoms with Crippen LogP contribution in [0.2, 0.25) is 0 Å². The predicted octanol–water partition coefficient (Wildman–Crippen LogP) is 5.25. The van der Waals surface area contributed by atoms with Gasteiger partial charge in [0.2, 0.25) is 5.95 Å². The van der Waals surface area contributed by atoms with Gasteiger partial charge in [-0.1, -0.05) is 30.3 Å². The molecular formula is C28H26N4O4. The Morgan fingerprint density at radius 2 is 1.75 bits per heavy atom. The number of nitrogens with one attached hydrogen (secondary N) is 1. The van der Waals surface area contributed by atoms with Crippen molar-refractivity contribution in [2.24, 2.45) is 0 Å². The molecule has 2 atom stereocenters. The molecule has 6 rings (SSSR count). The molecule has 36 heavy (non-hydrogen) atoms. The SMILES string of the molecule is CCOc1ccc([C@@H]2C3=C(Nc4ncnn42)c2ccccc2O[C@H]3c2ccc(OC)cc2)cc1OC. The van der Waals surface area contributed by atoms with Crippen LogP contribution in [0.4, 0.5) is 5.95 Å². The number of hydrogen-bond donors (Lipinski definition) is 1. The highest BCUT2D eigenvalue weighted by Gasteiger charge is 2.41. The Kier molecular flexibility index (Phi) is 5.48. The molecule has 0 aliphatic carbocycles. The van der Waals surface area contributed by atoms with Crippen LogP contribution in [0.25, 0.3) is 5.70 Å². The third-order valence-electron chi connectivity index (χ3n) is 6.54. The van der Waals surface area contributed by atoms with Crippen molar-refractivity contribution in [1.29, 1.82) is 0 Å². The predicted molar refractivity (Wildman–Crippen MR) is 136 cm³/mol. The maximum atomic E-state index is 6.67. The number of para-hydroxylation sites is 1. The van der Waals surface area contributed by atoms with Gasteiger partial charge >= 0.3 is 0 Å². The molecule has 8 heteroatoms. The van der Waals surface area contributed by atoms with Gasteiger partial charge in [0.1, 0.15) is 30.0 Å². The summed E-state index contributed by atoms with van der Waals surface area (Å²) in [7, 11) is 3.31. The zero-order chi connectivity index (χ0) is 24.6. The lowest BCUT2D eigenvalue weighted by atomic mass is 9.84. The Hall–Kier alpha value is -4.46. The maximum absolute atomic E-state index is 6.67. The van der Waals surface area contributed by atoms with Crippen molar-refractivity contribution in [2.45, 2.75) is 19.1 Å². The van der Waals surface area contributed by atoms with Crippen LogP contribution in [0, 0.1) is 0 Å². The summed E-state index contributed by atoms with van der Waals surface area (Å²) in [5.41, 5.74) is 4.97. The molecule has 0 saturated heterocycles. The lowest BCUT2D eigenvalue weighted by Gasteiger charge is -2.39. The van der Waals surface area contributed by atoms with E-state index in [0.717, 1.165) is 39.5 Å². The van der Waals surface area contributed by atoms with Gasteiger partial charge in [0.15, 0.2) is 11.5 Å². The highest BCUT2D eigenvalue weighted by atomic mass is 16.5. The molecule has 1 aromatic heterocycles. The molecule has 0 unspecified atom stereocenters. The fourth-order valence-corrected chi connectivity index (χ4v) is 4.92. The summed E-state index contributed by atoms with van der Waals surface area (Å²) in [4.78, 5) is 4.50. The zero-order valence-electron chi connectivity index (χ0n) is 20.3. The highest BCUT2D eigenvalue weighted by molar-refractivity contribution is 5.85. The number of methoxy groups -OCH3 is 2. The number of rotatable bonds is 6. The van der Waals surface area contributed by atoms with Crippen LogP contribution in [0.3, 0.4) is 0 Å². The fourth-order valence-electron chi connectivity index (χ4n) is 4.92. The molecule has 8 nitrogen and oxygen atoms in total. The van der Waals surface area contributed by atoms with Gasteiger partial charge in [-0.3, -0.25) is 0 Å². The Bertz CT molecular complexity index is 1440. The Morgan fingerprint density at radius 3 is 2.53 bits per heavy atom. The van der Waals surface area contributed by atoms with Crippen molar-refractivity contribution in [3.63, 3.8) is 0 Å². The summed E-state index contributed by atoms with van der Waals surface area (Å²) < 4.78 is 25.4. The van der Waals surface area contributed by atoms with E-state index in [1.807, 2.05) is 72.3 Å². The van der Waals surface area contributed by atoms with Crippen molar-refractivity contribution in [2.75, 3.05) is 26.1 Å². The molecular weight excluding hydrogens is 456 g/mol. The van der Waals surface area contributed by atoms with Gasteiger partial charge < -0.3 is 24.3 Å². The van der Waals surface area contributed by atoms with E-state index in [1.54, 1.807) is 20.5 Å². The Balaban J connectivity index is 1.57. The highest BCUT2D eigenvalue weighted by Crippen LogP contribution is 2.51. The molecule has 2 aliphatic heterocycles. The average Bonchev–Trinajstić information content (AvgIpc) is 3.40. The largest absolute Gasteiger partial charge is 0.497 e. The first-order chi connectivity index (χ1) is 17.7. The van der Waals surface area contributed by atoms with Crippen molar-refractivity contribution >= 4 is 11.6 Å². The number of anilines is 1. The van der Waals surface area contributed by atoms with Gasteiger partial charge in [0.05, 0.1) is 26.5 Å². The molecule has 3 heterocycles. The summed E-state index contributed by atoms with van der Waals surface area (Å²) in [5.74, 6) is 3.62. The summed E-state index contributed by atoms with van der Waals surface area (Å²) in [6.07, 6.45) is 1.20. The van der Waals surface area contributed by atoms with Crippen LogP contribution >= 0.6 is 0 Å². The lowest BCUT2D eigenvalue weighted by Crippen LogP contribution is -2.32. The molecule has 0 amide bonds. The van der Waals surface area contributed by atoms with Crippen LogP contribution in [-0.2, 0) is 0 Å². The molecule has 0 radical (unpaired) electrons. The number of ether oxygens (including phenoxy) is 4. The average molecular weight is 483 g/mol. The second-order valence-corrected chi connectivity index (χ2v) is 8.50. The smallest absolute Gasteiger partial charge is 0.226 e. The second kappa shape index (κ2) is 8.96. The van der Waals surface area contributed by atoms with E-state index in [0.29, 0.717) is 24.1 Å². The topological polar surface area (TPSA) is 79.7 Å². The third-order valence-corrected chi connectivity index (χ3v) is 6.54. The number of benzene rings is 3. The van der Waals surface area contributed by atoms with Crippen LogP contribution in [-0.4, -0.2) is 35.6 Å². The van der Waals surface area contributed by atoms with Gasteiger partial charge in [-0.05, 0) is 54.4 Å². The molecule has 182 valence electrons. The number of fused-ring (bicyclic) bond motifs is 3. The Morgan fingerprint density at radius 1 is 0.944 bits per heavy atom. The van der Waals surface area contributed by atoms with E-state index in [9.17, 15) is 0 Å². The van der Waals surface area contributed by atoms with E-state index in [1.165, 1.54) is 0 Å². The fraction of sp³-hybridized carbons (Fsp3) is 0.214. The van der Waals surface area contributed by atoms with E-state index >= 15 is 0 Å². The minimum Gasteiger partial charge on any atom is -0.497 e. The van der Waals surface area contributed by atoms with Crippen molar-refractivity contribution in [1.82, 2.24) is 14.8 Å². The molecule has 3 aromatic carbocycles. The minimum atomic E-state index is -0.367. The Labute approximate surface area is 209 Å². The maximum Gasteiger partial charge on any atom is 0.226 e. The van der Waals surface area contributed by atoms with Gasteiger partial charge in [-0.15, -0.1) is 0 Å². The molecule has 1 N–H and O–H groups in total. The monoisotopic (exact) mass is 482 g/mol. The number of aromatic nitrogens is 3. The van der Waals surface area contributed by atoms with Crippen LogP contribution in [0.1, 0.15) is 35.8 Å². The van der Waals surface area contributed by atoms with Crippen molar-refractivity contribution in [3.05, 3.63) is 95.3 Å². The molecule has 0 saturated carbocycles. The molecule has 0 bridgehead atoms. The normalized spacial score (nSPS) is 17.8. The first-order valence-electron chi connectivity index (χ1n) is 11.8. The number of nitrogens with zero attached hydrogens (tertiary/aromatic N) is 3. The van der Waals surface area contributed by atoms with Gasteiger partial charge in [-0.2, -0.15) is 10.1 Å². The van der Waals surface area contributed by atoms with Crippen molar-refractivity contribution < 1.29 is 18.9 Å². The minimum absolute atomic E-state index is 0.288. The van der Waals surface area contributed by atoms with Crippen molar-refractivity contribution in [3.8, 4) is 23.0 Å². The van der Waals surface area contributed by atoms with Gasteiger partial charge in [-0.25, -0.2) is 4.68 Å². The first-order valence-corrected chi connectivity index (χ1v) is 11.8. The van der Waals surface area contributed by atoms with Gasteiger partial charge in [0.25, 0.3) is 0 Å². The van der Waals surface area contributed by atoms with E-state index < -0.39 is 0 Å². The summed E-state index contributed by atoms with van der Waals surface area (Å²) in [6, 6.07) is 21.7. The standard InChI is InChI=1S/C28H26N4O4/c1-4-35-22-14-11-18(15-23(22)34-3)26-24-25(31-28-29-16-30-32(26)28)20-7-5-6-8-21(20)36-27(24)17-9-12-19(33-2)13-10-17/h5-16,26-27H,4H2,1-3H3,(H,29,30,31)/t26-,27+/m1/s1. The van der Waals surface area contributed by atoms with Crippen LogP contribution in [0.5, 0.6) is 23.0 Å². The van der Waals surface area contributed by atoms with Crippen LogP contribution < -0.4 is 24.3 Å². The van der Waals surface area contributed by atoms with E-state index in [-0.39, 0.29) is 12.1 Å². The molecule has 4 aromatic rings. The molecule has 0 spiro atoms. The second-order valence-electron chi connectivity index (χ2n) is 8.50. The lowest BCUT2D eigenvalue weighted by molar-refractivity contribution is 0.223. The molecule has 0 fully saturated rings. The van der Waals surface area contributed by atoms with E-state index in [4.69, 9.17) is 18.9 Å². The summed E-state index contributed by atoms with van der Waals surface area (Å²) >= 11 is 0. The first kappa shape index (κ1) is 22.0. The summed E-state index contributed by atoms with van der Waals surface area (Å²) in [6.45, 7) is 2.50. The van der Waals surface area contributed by atoms with Crippen LogP contribution in [0.15, 0.2) is 78.6 Å². The molecule has 2 aliphatic rings. The quantitative estimate of drug-likeness (QED) is 0.402. The van der Waals surface area contributed by atoms with Gasteiger partial charge in [0, 0.05) is 11.1 Å². The van der Waals surface area contributed by atoms with E-state index in [2.05, 4.69) is 21.5 Å². The zero-order valence-corrected chi connectivity index (χ0v) is 20.3.